The third-order valence-electron chi connectivity index (χ3n) is 4.18. The number of ketones is 1. The predicted octanol–water partition coefficient (Wildman–Crippen LogP) is 5.35. The lowest BCUT2D eigenvalue weighted by Crippen LogP contribution is -2.15. The summed E-state index contributed by atoms with van der Waals surface area (Å²) >= 11 is 6.94. The van der Waals surface area contributed by atoms with Gasteiger partial charge in [0.25, 0.3) is 11.4 Å². The minimum atomic E-state index is -0.758. The molecule has 0 N–H and O–H groups in total. The van der Waals surface area contributed by atoms with Gasteiger partial charge < -0.3 is 4.74 Å². The lowest BCUT2D eigenvalue weighted by molar-refractivity contribution is -0.385. The average Bonchev–Trinajstić information content (AvgIpc) is 2.78. The van der Waals surface area contributed by atoms with Crippen molar-refractivity contribution in [2.24, 2.45) is 0 Å². The monoisotopic (exact) mass is 472 g/mol. The number of nitro groups is 2. The summed E-state index contributed by atoms with van der Waals surface area (Å²) in [7, 11) is 0. The Morgan fingerprint density at radius 3 is 2.28 bits per heavy atom. The fourth-order valence-electron chi connectivity index (χ4n) is 2.61. The van der Waals surface area contributed by atoms with Crippen LogP contribution in [0.2, 0.25) is 5.02 Å². The van der Waals surface area contributed by atoms with Crippen LogP contribution in [0.15, 0.2) is 76.5 Å². The number of carbonyl (C=O) groups is 2. The number of halogens is 1. The van der Waals surface area contributed by atoms with Gasteiger partial charge in [0.2, 0.25) is 5.78 Å². The smallest absolute Gasteiger partial charge is 0.339 e. The maximum absolute atomic E-state index is 12.6. The molecule has 0 saturated heterocycles. The Kier molecular flexibility index (Phi) is 7.18. The van der Waals surface area contributed by atoms with Gasteiger partial charge in [-0.25, -0.2) is 4.79 Å². The Balaban J connectivity index is 1.71. The molecule has 162 valence electrons. The fraction of sp³-hybridized carbons (Fsp3) is 0.0476. The summed E-state index contributed by atoms with van der Waals surface area (Å²) in [4.78, 5) is 46.6. The molecule has 0 bridgehead atoms. The number of ether oxygens (including phenoxy) is 1. The second-order valence-electron chi connectivity index (χ2n) is 6.27. The van der Waals surface area contributed by atoms with Gasteiger partial charge in [0.15, 0.2) is 6.61 Å². The van der Waals surface area contributed by atoms with Crippen molar-refractivity contribution in [1.82, 2.24) is 0 Å². The van der Waals surface area contributed by atoms with Gasteiger partial charge in [-0.15, -0.1) is 0 Å². The van der Waals surface area contributed by atoms with Crippen molar-refractivity contribution in [1.29, 1.82) is 0 Å². The van der Waals surface area contributed by atoms with Gasteiger partial charge in [0.05, 0.1) is 15.4 Å². The second-order valence-corrected chi connectivity index (χ2v) is 7.79. The van der Waals surface area contributed by atoms with Gasteiger partial charge in [-0.3, -0.25) is 25.0 Å². The molecular weight excluding hydrogens is 460 g/mol. The Bertz CT molecular complexity index is 1220. The number of rotatable bonds is 8. The van der Waals surface area contributed by atoms with Crippen LogP contribution in [0, 0.1) is 20.2 Å². The molecule has 0 fully saturated rings. The van der Waals surface area contributed by atoms with Crippen LogP contribution >= 0.6 is 23.4 Å². The first-order valence-electron chi connectivity index (χ1n) is 8.92. The molecule has 3 aromatic rings. The van der Waals surface area contributed by atoms with Crippen molar-refractivity contribution in [3.8, 4) is 0 Å². The normalized spacial score (nSPS) is 10.4. The van der Waals surface area contributed by atoms with Gasteiger partial charge in [-0.2, -0.15) is 0 Å². The van der Waals surface area contributed by atoms with E-state index in [4.69, 9.17) is 16.3 Å². The highest BCUT2D eigenvalue weighted by Crippen LogP contribution is 2.32. The highest BCUT2D eigenvalue weighted by molar-refractivity contribution is 7.99. The molecule has 3 rings (SSSR count). The van der Waals surface area contributed by atoms with E-state index in [9.17, 15) is 29.8 Å². The molecule has 0 unspecified atom stereocenters. The first kappa shape index (κ1) is 22.9. The summed E-state index contributed by atoms with van der Waals surface area (Å²) in [5, 5.41) is 21.6. The van der Waals surface area contributed by atoms with E-state index in [1.165, 1.54) is 42.1 Å². The van der Waals surface area contributed by atoms with Crippen LogP contribution in [0.25, 0.3) is 0 Å². The number of nitrogens with zero attached hydrogens (tertiary/aromatic N) is 2. The number of hydrogen-bond donors (Lipinski definition) is 0. The number of hydrogen-bond acceptors (Lipinski definition) is 8. The molecule has 0 saturated carbocycles. The van der Waals surface area contributed by atoms with E-state index in [1.54, 1.807) is 30.3 Å². The SMILES string of the molecule is O=C(COC(=O)c1ccccc1Sc1ccc([N+](=O)[O-])cc1)c1ccc(Cl)c([N+](=O)[O-])c1. The average molecular weight is 473 g/mol. The zero-order valence-corrected chi connectivity index (χ0v) is 17.7. The molecule has 32 heavy (non-hydrogen) atoms. The molecule has 0 atom stereocenters. The number of Topliss-reactive ketones (excluding diaryl/α,β-unsaturated/α-hetero) is 1. The molecule has 0 aliphatic carbocycles. The molecule has 0 amide bonds. The van der Waals surface area contributed by atoms with Gasteiger partial charge in [-0.1, -0.05) is 35.5 Å². The van der Waals surface area contributed by atoms with E-state index in [-0.39, 0.29) is 21.8 Å². The number of esters is 1. The molecule has 0 heterocycles. The summed E-state index contributed by atoms with van der Waals surface area (Å²) in [6, 6.07) is 15.9. The maximum Gasteiger partial charge on any atom is 0.339 e. The van der Waals surface area contributed by atoms with Gasteiger partial charge in [-0.05, 0) is 36.4 Å². The van der Waals surface area contributed by atoms with E-state index in [1.807, 2.05) is 0 Å². The number of benzene rings is 3. The molecule has 0 spiro atoms. The number of nitro benzene ring substituents is 2. The minimum absolute atomic E-state index is 0.0116. The third-order valence-corrected chi connectivity index (χ3v) is 5.58. The molecule has 0 radical (unpaired) electrons. The number of carbonyl (C=O) groups excluding carboxylic acids is 2. The van der Waals surface area contributed by atoms with Crippen molar-refractivity contribution < 1.29 is 24.2 Å². The van der Waals surface area contributed by atoms with E-state index < -0.39 is 33.9 Å². The Morgan fingerprint density at radius 2 is 1.62 bits per heavy atom. The lowest BCUT2D eigenvalue weighted by Gasteiger charge is -2.09. The lowest BCUT2D eigenvalue weighted by atomic mass is 10.1. The largest absolute Gasteiger partial charge is 0.454 e. The zero-order valence-electron chi connectivity index (χ0n) is 16.1. The van der Waals surface area contributed by atoms with E-state index in [0.29, 0.717) is 9.79 Å². The van der Waals surface area contributed by atoms with Crippen molar-refractivity contribution in [3.05, 3.63) is 103 Å². The van der Waals surface area contributed by atoms with Gasteiger partial charge in [0, 0.05) is 33.6 Å². The molecule has 11 heteroatoms. The summed E-state index contributed by atoms with van der Waals surface area (Å²) in [6.45, 7) is -0.617. The quantitative estimate of drug-likeness (QED) is 0.186. The van der Waals surface area contributed by atoms with E-state index in [2.05, 4.69) is 0 Å². The van der Waals surface area contributed by atoms with Crippen LogP contribution in [0.1, 0.15) is 20.7 Å². The highest BCUT2D eigenvalue weighted by atomic mass is 35.5. The van der Waals surface area contributed by atoms with Crippen molar-refractivity contribution >= 4 is 46.5 Å². The van der Waals surface area contributed by atoms with Crippen molar-refractivity contribution in [2.45, 2.75) is 9.79 Å². The first-order valence-corrected chi connectivity index (χ1v) is 10.1. The van der Waals surface area contributed by atoms with Crippen molar-refractivity contribution in [3.63, 3.8) is 0 Å². The van der Waals surface area contributed by atoms with E-state index >= 15 is 0 Å². The van der Waals surface area contributed by atoms with E-state index in [0.717, 1.165) is 6.07 Å². The summed E-state index contributed by atoms with van der Waals surface area (Å²) in [6.07, 6.45) is 0. The first-order chi connectivity index (χ1) is 15.3. The van der Waals surface area contributed by atoms with Crippen LogP contribution in [-0.2, 0) is 4.74 Å². The van der Waals surface area contributed by atoms with Crippen molar-refractivity contribution in [2.75, 3.05) is 6.61 Å². The topological polar surface area (TPSA) is 130 Å². The van der Waals surface area contributed by atoms with Gasteiger partial charge >= 0.3 is 5.97 Å². The third kappa shape index (κ3) is 5.48. The highest BCUT2D eigenvalue weighted by Gasteiger charge is 2.19. The Morgan fingerprint density at radius 1 is 0.938 bits per heavy atom. The molecular formula is C21H13ClN2O7S. The summed E-state index contributed by atoms with van der Waals surface area (Å²) in [5.74, 6) is -1.38. The minimum Gasteiger partial charge on any atom is -0.454 e. The molecule has 3 aromatic carbocycles. The van der Waals surface area contributed by atoms with Crippen LogP contribution in [-0.4, -0.2) is 28.2 Å². The van der Waals surface area contributed by atoms with Gasteiger partial charge in [0.1, 0.15) is 5.02 Å². The Hall–Kier alpha value is -3.76. The van der Waals surface area contributed by atoms with Crippen LogP contribution < -0.4 is 0 Å². The molecule has 0 aliphatic rings. The van der Waals surface area contributed by atoms with Crippen LogP contribution in [0.3, 0.4) is 0 Å². The standard InChI is InChI=1S/C21H13ClN2O7S/c22-17-10-5-13(11-18(17)24(29)30)19(25)12-31-21(26)16-3-1-2-4-20(16)32-15-8-6-14(7-9-15)23(27)28/h1-11H,12H2. The predicted molar refractivity (Wildman–Crippen MR) is 116 cm³/mol. The van der Waals surface area contributed by atoms with Crippen LogP contribution in [0.5, 0.6) is 0 Å². The maximum atomic E-state index is 12.6. The zero-order chi connectivity index (χ0) is 23.3. The Labute approximate surface area is 190 Å². The van der Waals surface area contributed by atoms with Crippen LogP contribution in [0.4, 0.5) is 11.4 Å². The number of non-ortho nitro benzene ring substituents is 1. The molecule has 9 nitrogen and oxygen atoms in total. The summed E-state index contributed by atoms with van der Waals surface area (Å²) < 4.78 is 5.11. The second kappa shape index (κ2) is 10.0. The summed E-state index contributed by atoms with van der Waals surface area (Å²) in [5.41, 5.74) is -0.287. The fourth-order valence-corrected chi connectivity index (χ4v) is 3.73. The molecule has 0 aliphatic heterocycles. The molecule has 0 aromatic heterocycles.